The molecule has 1 N–H and O–H groups in total. The Morgan fingerprint density at radius 2 is 1.81 bits per heavy atom. The molecule has 0 aromatic heterocycles. The van der Waals surface area contributed by atoms with Crippen molar-refractivity contribution in [2.24, 2.45) is 0 Å². The molecule has 0 aliphatic carbocycles. The van der Waals surface area contributed by atoms with Crippen molar-refractivity contribution in [3.63, 3.8) is 0 Å². The van der Waals surface area contributed by atoms with Crippen molar-refractivity contribution >= 4 is 29.3 Å². The third-order valence-corrected chi connectivity index (χ3v) is 5.17. The molecular weight excluding hydrogens is 377 g/mol. The van der Waals surface area contributed by atoms with Crippen molar-refractivity contribution in [1.29, 1.82) is 0 Å². The number of hydrogen-bond donors (Lipinski definition) is 1. The van der Waals surface area contributed by atoms with Crippen LogP contribution in [0.1, 0.15) is 11.1 Å². The number of thioether (sulfide) groups is 1. The molecule has 142 valence electrons. The number of benzene rings is 2. The quantitative estimate of drug-likeness (QED) is 0.845. The van der Waals surface area contributed by atoms with E-state index in [2.05, 4.69) is 5.32 Å². The van der Waals surface area contributed by atoms with Gasteiger partial charge >= 0.3 is 6.18 Å². The maximum atomic E-state index is 12.5. The zero-order valence-electron chi connectivity index (χ0n) is 14.3. The van der Waals surface area contributed by atoms with Gasteiger partial charge in [-0.2, -0.15) is 13.2 Å². The molecule has 2 amide bonds. The number of halogens is 3. The Balaban J connectivity index is 1.52. The van der Waals surface area contributed by atoms with Crippen molar-refractivity contribution < 1.29 is 22.8 Å². The number of carbonyl (C=O) groups is 2. The Kier molecular flexibility index (Phi) is 5.74. The van der Waals surface area contributed by atoms with Gasteiger partial charge in [-0.3, -0.25) is 9.59 Å². The minimum atomic E-state index is -4.36. The van der Waals surface area contributed by atoms with Crippen LogP contribution in [0, 0.1) is 0 Å². The highest BCUT2D eigenvalue weighted by atomic mass is 32.2. The number of para-hydroxylation sites is 1. The fraction of sp³-hybridized carbons (Fsp3) is 0.263. The van der Waals surface area contributed by atoms with E-state index in [4.69, 9.17) is 0 Å². The molecule has 0 spiro atoms. The average Bonchev–Trinajstić information content (AvgIpc) is 2.64. The van der Waals surface area contributed by atoms with Gasteiger partial charge in [0.25, 0.3) is 0 Å². The summed E-state index contributed by atoms with van der Waals surface area (Å²) in [4.78, 5) is 26.7. The highest BCUT2D eigenvalue weighted by Crippen LogP contribution is 2.34. The molecular formula is C19H17F3N2O2S. The molecule has 1 aliphatic rings. The maximum Gasteiger partial charge on any atom is 0.416 e. The molecule has 1 heterocycles. The van der Waals surface area contributed by atoms with E-state index in [1.165, 1.54) is 28.8 Å². The van der Waals surface area contributed by atoms with E-state index >= 15 is 0 Å². The van der Waals surface area contributed by atoms with Gasteiger partial charge < -0.3 is 10.2 Å². The number of nitrogens with zero attached hydrogens (tertiary/aromatic N) is 1. The van der Waals surface area contributed by atoms with Crippen LogP contribution in [0.4, 0.5) is 18.9 Å². The van der Waals surface area contributed by atoms with Crippen molar-refractivity contribution in [2.45, 2.75) is 17.5 Å². The second-order valence-corrected chi connectivity index (χ2v) is 7.05. The standard InChI is InChI=1S/C19H17F3N2O2S/c20-19(21,22)14-7-5-13(6-8-14)9-10-23-17(25)11-24-15-3-1-2-4-16(15)27-12-18(24)26/h1-8H,9-12H2,(H,23,25). The summed E-state index contributed by atoms with van der Waals surface area (Å²) in [5.41, 5.74) is 0.714. The number of amides is 2. The summed E-state index contributed by atoms with van der Waals surface area (Å²) >= 11 is 1.44. The largest absolute Gasteiger partial charge is 0.416 e. The van der Waals surface area contributed by atoms with Gasteiger partial charge in [0.2, 0.25) is 11.8 Å². The Morgan fingerprint density at radius 3 is 2.52 bits per heavy atom. The fourth-order valence-electron chi connectivity index (χ4n) is 2.73. The van der Waals surface area contributed by atoms with E-state index in [0.29, 0.717) is 12.0 Å². The molecule has 0 radical (unpaired) electrons. The molecule has 0 fully saturated rings. The van der Waals surface area contributed by atoms with Crippen LogP contribution in [0.3, 0.4) is 0 Å². The maximum absolute atomic E-state index is 12.5. The second kappa shape index (κ2) is 8.04. The van der Waals surface area contributed by atoms with E-state index in [1.54, 1.807) is 6.07 Å². The number of anilines is 1. The van der Waals surface area contributed by atoms with Crippen LogP contribution >= 0.6 is 11.8 Å². The summed E-state index contributed by atoms with van der Waals surface area (Å²) in [6.07, 6.45) is -3.95. The molecule has 4 nitrogen and oxygen atoms in total. The van der Waals surface area contributed by atoms with Crippen molar-refractivity contribution in [3.8, 4) is 0 Å². The summed E-state index contributed by atoms with van der Waals surface area (Å²) in [5.74, 6) is -0.149. The highest BCUT2D eigenvalue weighted by molar-refractivity contribution is 8.00. The summed E-state index contributed by atoms with van der Waals surface area (Å²) in [5, 5.41) is 2.71. The normalized spacial score (nSPS) is 14.0. The topological polar surface area (TPSA) is 49.4 Å². The Morgan fingerprint density at radius 1 is 1.11 bits per heavy atom. The molecule has 2 aromatic carbocycles. The first kappa shape index (κ1) is 19.3. The smallest absolute Gasteiger partial charge is 0.354 e. The van der Waals surface area contributed by atoms with Gasteiger partial charge in [0.1, 0.15) is 6.54 Å². The summed E-state index contributed by atoms with van der Waals surface area (Å²) in [7, 11) is 0. The predicted octanol–water partition coefficient (Wildman–Crippen LogP) is 3.50. The van der Waals surface area contributed by atoms with Crippen LogP contribution in [0.2, 0.25) is 0 Å². The van der Waals surface area contributed by atoms with Crippen LogP contribution in [-0.2, 0) is 22.2 Å². The lowest BCUT2D eigenvalue weighted by atomic mass is 10.1. The number of rotatable bonds is 5. The summed E-state index contributed by atoms with van der Waals surface area (Å²) < 4.78 is 37.6. The van der Waals surface area contributed by atoms with Crippen molar-refractivity contribution in [1.82, 2.24) is 5.32 Å². The lowest BCUT2D eigenvalue weighted by Gasteiger charge is -2.28. The van der Waals surface area contributed by atoms with Crippen LogP contribution in [0.25, 0.3) is 0 Å². The van der Waals surface area contributed by atoms with E-state index < -0.39 is 11.7 Å². The van der Waals surface area contributed by atoms with E-state index in [1.807, 2.05) is 18.2 Å². The first-order chi connectivity index (χ1) is 12.8. The van der Waals surface area contributed by atoms with Crippen LogP contribution in [0.15, 0.2) is 53.4 Å². The molecule has 0 saturated carbocycles. The van der Waals surface area contributed by atoms with Gasteiger partial charge in [0.05, 0.1) is 17.0 Å². The van der Waals surface area contributed by atoms with Crippen molar-refractivity contribution in [2.75, 3.05) is 23.7 Å². The van der Waals surface area contributed by atoms with Crippen LogP contribution in [0.5, 0.6) is 0 Å². The van der Waals surface area contributed by atoms with Gasteiger partial charge in [-0.15, -0.1) is 11.8 Å². The minimum absolute atomic E-state index is 0.0799. The predicted molar refractivity (Wildman–Crippen MR) is 97.7 cm³/mol. The summed E-state index contributed by atoms with van der Waals surface area (Å²) in [6.45, 7) is 0.200. The molecule has 1 aliphatic heterocycles. The first-order valence-electron chi connectivity index (χ1n) is 8.29. The lowest BCUT2D eigenvalue weighted by molar-refractivity contribution is -0.137. The number of nitrogens with one attached hydrogen (secondary N) is 1. The first-order valence-corrected chi connectivity index (χ1v) is 9.28. The molecule has 8 heteroatoms. The van der Waals surface area contributed by atoms with Crippen molar-refractivity contribution in [3.05, 3.63) is 59.7 Å². The Hall–Kier alpha value is -2.48. The van der Waals surface area contributed by atoms with Crippen LogP contribution < -0.4 is 10.2 Å². The highest BCUT2D eigenvalue weighted by Gasteiger charge is 2.30. The fourth-order valence-corrected chi connectivity index (χ4v) is 3.67. The molecule has 0 atom stereocenters. The second-order valence-electron chi connectivity index (χ2n) is 6.03. The Labute approximate surface area is 158 Å². The number of alkyl halides is 3. The van der Waals surface area contributed by atoms with E-state index in [0.717, 1.165) is 22.7 Å². The number of hydrogen-bond acceptors (Lipinski definition) is 3. The molecule has 0 bridgehead atoms. The number of fused-ring (bicyclic) bond motifs is 1. The van der Waals surface area contributed by atoms with Gasteiger partial charge in [0, 0.05) is 11.4 Å². The summed E-state index contributed by atoms with van der Waals surface area (Å²) in [6, 6.07) is 12.2. The molecule has 27 heavy (non-hydrogen) atoms. The Bertz CT molecular complexity index is 838. The lowest BCUT2D eigenvalue weighted by Crippen LogP contribution is -2.43. The molecule has 0 unspecified atom stereocenters. The third-order valence-electron chi connectivity index (χ3n) is 4.13. The zero-order chi connectivity index (χ0) is 19.4. The SMILES string of the molecule is O=C(CN1C(=O)CSc2ccccc21)NCCc1ccc(C(F)(F)F)cc1. The molecule has 3 rings (SSSR count). The van der Waals surface area contributed by atoms with Gasteiger partial charge in [-0.1, -0.05) is 24.3 Å². The molecule has 2 aromatic rings. The third kappa shape index (κ3) is 4.82. The van der Waals surface area contributed by atoms with Gasteiger partial charge in [0.15, 0.2) is 0 Å². The van der Waals surface area contributed by atoms with E-state index in [-0.39, 0.29) is 30.7 Å². The van der Waals surface area contributed by atoms with Gasteiger partial charge in [-0.05, 0) is 36.2 Å². The van der Waals surface area contributed by atoms with Gasteiger partial charge in [-0.25, -0.2) is 0 Å². The minimum Gasteiger partial charge on any atom is -0.354 e. The monoisotopic (exact) mass is 394 g/mol. The average molecular weight is 394 g/mol. The molecule has 0 saturated heterocycles. The number of carbonyl (C=O) groups excluding carboxylic acids is 2. The van der Waals surface area contributed by atoms with Crippen LogP contribution in [-0.4, -0.2) is 30.7 Å². The van der Waals surface area contributed by atoms with E-state index in [9.17, 15) is 22.8 Å². The zero-order valence-corrected chi connectivity index (χ0v) is 15.1.